The highest BCUT2D eigenvalue weighted by Gasteiger charge is 2.88. The lowest BCUT2D eigenvalue weighted by Crippen LogP contribution is -2.49. The number of carbonyl (C=O) groups excluding carboxylic acids is 4. The van der Waals surface area contributed by atoms with Crippen LogP contribution in [-0.2, 0) is 23.8 Å². The molecule has 4 amide bonds. The van der Waals surface area contributed by atoms with Gasteiger partial charge in [-0.05, 0) is 17.7 Å². The van der Waals surface area contributed by atoms with E-state index in [2.05, 4.69) is 26.9 Å². The molecule has 2 fully saturated rings. The Morgan fingerprint density at radius 3 is 2.56 bits per heavy atom. The first-order valence-electron chi connectivity index (χ1n) is 10.8. The number of quaternary nitrogens is 1. The molecule has 0 saturated carbocycles. The lowest BCUT2D eigenvalue weighted by atomic mass is 10.0. The van der Waals surface area contributed by atoms with Crippen LogP contribution in [0, 0.1) is 0 Å². The number of thiazole rings is 1. The summed E-state index contributed by atoms with van der Waals surface area (Å²) in [5.41, 5.74) is -1.14. The number of methoxy groups -OCH3 is 3. The number of urea groups is 1. The lowest BCUT2D eigenvalue weighted by molar-refractivity contribution is -0.647. The van der Waals surface area contributed by atoms with Crippen LogP contribution in [0.2, 0.25) is 0 Å². The van der Waals surface area contributed by atoms with E-state index in [0.717, 1.165) is 11.3 Å². The van der Waals surface area contributed by atoms with Crippen molar-refractivity contribution in [2.75, 3.05) is 46.4 Å². The number of aromatic nitrogens is 1. The molecule has 0 bridgehead atoms. The SMILES string of the molecule is C=C(OC)C1(C(=O)Nc2nc(C(=O)OC)cs2)C[N+]12C(=O)N[C@H](c1ccc(OCCOC)cc1)C2=O. The fourth-order valence-corrected chi connectivity index (χ4v) is 4.91. The van der Waals surface area contributed by atoms with Crippen molar-refractivity contribution in [3.63, 3.8) is 0 Å². The van der Waals surface area contributed by atoms with Crippen molar-refractivity contribution in [1.82, 2.24) is 10.3 Å². The molecule has 12 nitrogen and oxygen atoms in total. The van der Waals surface area contributed by atoms with Gasteiger partial charge < -0.3 is 18.9 Å². The van der Waals surface area contributed by atoms with E-state index < -0.39 is 39.9 Å². The molecule has 2 saturated heterocycles. The molecule has 1 spiro atoms. The Morgan fingerprint density at radius 2 is 1.92 bits per heavy atom. The molecule has 1 aromatic carbocycles. The average molecular weight is 518 g/mol. The molecule has 2 aromatic rings. The van der Waals surface area contributed by atoms with Crippen molar-refractivity contribution in [3.05, 3.63) is 53.2 Å². The zero-order chi connectivity index (χ0) is 26.1. The first-order valence-corrected chi connectivity index (χ1v) is 11.7. The third kappa shape index (κ3) is 3.90. The molecule has 2 unspecified atom stereocenters. The third-order valence-electron chi connectivity index (χ3n) is 6.22. The second kappa shape index (κ2) is 9.68. The first-order chi connectivity index (χ1) is 17.2. The number of ether oxygens (including phenoxy) is 4. The molecule has 1 aromatic heterocycles. The van der Waals surface area contributed by atoms with E-state index in [0.29, 0.717) is 24.5 Å². The number of amides is 4. The van der Waals surface area contributed by atoms with E-state index in [9.17, 15) is 19.2 Å². The molecule has 190 valence electrons. The summed E-state index contributed by atoms with van der Waals surface area (Å²) in [6, 6.07) is 5.10. The molecule has 2 aliphatic heterocycles. The van der Waals surface area contributed by atoms with Gasteiger partial charge in [-0.1, -0.05) is 18.7 Å². The van der Waals surface area contributed by atoms with Crippen LogP contribution in [0.25, 0.3) is 0 Å². The van der Waals surface area contributed by atoms with Crippen molar-refractivity contribution in [2.24, 2.45) is 0 Å². The van der Waals surface area contributed by atoms with E-state index in [-0.39, 0.29) is 23.1 Å². The Kier molecular flexibility index (Phi) is 6.80. The summed E-state index contributed by atoms with van der Waals surface area (Å²) >= 11 is 0.997. The van der Waals surface area contributed by atoms with Gasteiger partial charge >= 0.3 is 29.4 Å². The monoisotopic (exact) mass is 517 g/mol. The number of nitrogens with zero attached hydrogens (tertiary/aromatic N) is 2. The van der Waals surface area contributed by atoms with Crippen LogP contribution < -0.4 is 15.4 Å². The quantitative estimate of drug-likeness (QED) is 0.120. The molecule has 36 heavy (non-hydrogen) atoms. The standard InChI is InChI=1S/C23H24N4O8S/c1-13(33-3)23(20(30)26-21-24-16(11-36-21)19(29)34-4)12-27(23)18(28)17(25-22(27)31)14-5-7-15(8-6-14)35-10-9-32-2/h5-8,11,17H,1,9-10,12H2,2-4H3,(H-,24,25,26,30,31)/p+1/t17-,23?,27?/m1/s1. The minimum Gasteiger partial charge on any atom is -0.494 e. The molecule has 0 radical (unpaired) electrons. The molecule has 2 N–H and O–H groups in total. The second-order valence-corrected chi connectivity index (χ2v) is 8.93. The van der Waals surface area contributed by atoms with Crippen LogP contribution in [0.5, 0.6) is 5.75 Å². The molecule has 4 rings (SSSR count). The van der Waals surface area contributed by atoms with Crippen LogP contribution in [0.15, 0.2) is 42.0 Å². The Morgan fingerprint density at radius 1 is 1.19 bits per heavy atom. The van der Waals surface area contributed by atoms with Gasteiger partial charge in [0.25, 0.3) is 0 Å². The predicted molar refractivity (Wildman–Crippen MR) is 126 cm³/mol. The number of imide groups is 1. The smallest absolute Gasteiger partial charge is 0.426 e. The van der Waals surface area contributed by atoms with E-state index in [4.69, 9.17) is 14.2 Å². The van der Waals surface area contributed by atoms with Gasteiger partial charge in [-0.25, -0.2) is 19.4 Å². The van der Waals surface area contributed by atoms with Gasteiger partial charge in [-0.2, -0.15) is 0 Å². The topological polar surface area (TPSA) is 142 Å². The summed E-state index contributed by atoms with van der Waals surface area (Å²) in [7, 11) is 4.09. The minimum absolute atomic E-state index is 0.0156. The highest BCUT2D eigenvalue weighted by Crippen LogP contribution is 2.53. The molecule has 3 atom stereocenters. The highest BCUT2D eigenvalue weighted by molar-refractivity contribution is 7.14. The van der Waals surface area contributed by atoms with Crippen LogP contribution in [0.3, 0.4) is 0 Å². The maximum atomic E-state index is 13.6. The third-order valence-corrected chi connectivity index (χ3v) is 6.98. The first kappa shape index (κ1) is 25.3. The van der Waals surface area contributed by atoms with Crippen LogP contribution >= 0.6 is 11.3 Å². The number of hydrogen-bond donors (Lipinski definition) is 2. The maximum Gasteiger partial charge on any atom is 0.426 e. The number of hydrogen-bond acceptors (Lipinski definition) is 10. The van der Waals surface area contributed by atoms with Crippen LogP contribution in [0.1, 0.15) is 22.1 Å². The zero-order valence-corrected chi connectivity index (χ0v) is 20.7. The molecular weight excluding hydrogens is 492 g/mol. The van der Waals surface area contributed by atoms with Gasteiger partial charge in [-0.3, -0.25) is 15.4 Å². The van der Waals surface area contributed by atoms with Gasteiger partial charge in [-0.15, -0.1) is 15.8 Å². The van der Waals surface area contributed by atoms with Crippen molar-refractivity contribution in [3.8, 4) is 5.75 Å². The van der Waals surface area contributed by atoms with Crippen molar-refractivity contribution >= 4 is 40.3 Å². The Hall–Kier alpha value is -3.81. The van der Waals surface area contributed by atoms with Crippen LogP contribution in [-0.4, -0.2) is 79.9 Å². The zero-order valence-electron chi connectivity index (χ0n) is 19.9. The summed E-state index contributed by atoms with van der Waals surface area (Å²) in [6.45, 7) is 4.43. The number of nitrogens with one attached hydrogen (secondary N) is 2. The summed E-state index contributed by atoms with van der Waals surface area (Å²) in [5, 5.41) is 6.80. The molecule has 3 heterocycles. The van der Waals surface area contributed by atoms with Gasteiger partial charge in [0, 0.05) is 12.5 Å². The fraction of sp³-hybridized carbons (Fsp3) is 0.348. The summed E-state index contributed by atoms with van der Waals surface area (Å²) in [4.78, 5) is 55.9. The van der Waals surface area contributed by atoms with Gasteiger partial charge in [0.05, 0.1) is 20.8 Å². The Bertz CT molecular complexity index is 1230. The molecular formula is C23H25N4O8S+. The van der Waals surface area contributed by atoms with E-state index in [1.165, 1.54) is 19.6 Å². The maximum absolute atomic E-state index is 13.6. The van der Waals surface area contributed by atoms with E-state index >= 15 is 0 Å². The van der Waals surface area contributed by atoms with E-state index in [1.807, 2.05) is 0 Å². The predicted octanol–water partition coefficient (Wildman–Crippen LogP) is 1.61. The Balaban J connectivity index is 1.57. The number of carbonyl (C=O) groups is 4. The van der Waals surface area contributed by atoms with Gasteiger partial charge in [0.15, 0.2) is 29.2 Å². The van der Waals surface area contributed by atoms with Crippen molar-refractivity contribution in [1.29, 1.82) is 0 Å². The number of rotatable bonds is 10. The fourth-order valence-electron chi connectivity index (χ4n) is 4.23. The van der Waals surface area contributed by atoms with Crippen molar-refractivity contribution < 1.29 is 42.6 Å². The number of benzene rings is 1. The van der Waals surface area contributed by atoms with Crippen molar-refractivity contribution in [2.45, 2.75) is 11.6 Å². The second-order valence-electron chi connectivity index (χ2n) is 8.07. The molecule has 0 aliphatic carbocycles. The van der Waals surface area contributed by atoms with Crippen LogP contribution in [0.4, 0.5) is 9.93 Å². The average Bonchev–Trinajstić information content (AvgIpc) is 3.31. The summed E-state index contributed by atoms with van der Waals surface area (Å²) in [5.74, 6) is -1.35. The normalized spacial score (nSPS) is 24.2. The van der Waals surface area contributed by atoms with Gasteiger partial charge in [0.2, 0.25) is 0 Å². The summed E-state index contributed by atoms with van der Waals surface area (Å²) < 4.78 is 19.6. The minimum atomic E-state index is -1.69. The number of esters is 1. The Labute approximate surface area is 210 Å². The largest absolute Gasteiger partial charge is 0.494 e. The number of anilines is 1. The summed E-state index contributed by atoms with van der Waals surface area (Å²) in [6.07, 6.45) is 0. The molecule has 2 aliphatic rings. The van der Waals surface area contributed by atoms with E-state index in [1.54, 1.807) is 31.4 Å². The van der Waals surface area contributed by atoms with Gasteiger partial charge in [0.1, 0.15) is 12.4 Å². The highest BCUT2D eigenvalue weighted by atomic mass is 32.1. The molecule has 13 heteroatoms. The lowest BCUT2D eigenvalue weighted by Gasteiger charge is -2.18.